The highest BCUT2D eigenvalue weighted by Gasteiger charge is 2.34. The van der Waals surface area contributed by atoms with Gasteiger partial charge in [0.15, 0.2) is 0 Å². The highest BCUT2D eigenvalue weighted by molar-refractivity contribution is 5.76. The molecule has 0 aliphatic heterocycles. The van der Waals surface area contributed by atoms with E-state index in [1.54, 1.807) is 13.3 Å². The number of carbonyl (C=O) groups is 1. The number of methoxy groups -OCH3 is 1. The maximum absolute atomic E-state index is 12.2. The number of nitrogens with zero attached hydrogens (tertiary/aromatic N) is 2. The first-order valence-corrected chi connectivity index (χ1v) is 7.81. The Morgan fingerprint density at radius 1 is 1.52 bits per heavy atom. The molecule has 1 fully saturated rings. The van der Waals surface area contributed by atoms with Gasteiger partial charge in [-0.25, -0.2) is 4.98 Å². The molecule has 1 atom stereocenters. The summed E-state index contributed by atoms with van der Waals surface area (Å²) >= 11 is 0. The van der Waals surface area contributed by atoms with Crippen LogP contribution in [0.3, 0.4) is 0 Å². The van der Waals surface area contributed by atoms with E-state index in [0.717, 1.165) is 31.8 Å². The molecule has 118 valence electrons. The van der Waals surface area contributed by atoms with Crippen molar-refractivity contribution in [3.8, 4) is 0 Å². The van der Waals surface area contributed by atoms with Gasteiger partial charge in [0.1, 0.15) is 5.82 Å². The van der Waals surface area contributed by atoms with Gasteiger partial charge in [-0.1, -0.05) is 12.8 Å². The van der Waals surface area contributed by atoms with Crippen LogP contribution >= 0.6 is 0 Å². The Hall–Kier alpha value is -1.36. The third kappa shape index (κ3) is 4.06. The largest absolute Gasteiger partial charge is 0.384 e. The molecule has 0 saturated heterocycles. The molecule has 1 amide bonds. The molecule has 5 heteroatoms. The second kappa shape index (κ2) is 7.07. The van der Waals surface area contributed by atoms with Crippen molar-refractivity contribution < 1.29 is 9.53 Å². The summed E-state index contributed by atoms with van der Waals surface area (Å²) in [5, 5.41) is 3.11. The summed E-state index contributed by atoms with van der Waals surface area (Å²) in [4.78, 5) is 16.4. The van der Waals surface area contributed by atoms with E-state index < -0.39 is 0 Å². The second-order valence-electron chi connectivity index (χ2n) is 6.35. The summed E-state index contributed by atoms with van der Waals surface area (Å²) in [7, 11) is 1.74. The number of hydrogen-bond donors (Lipinski definition) is 1. The van der Waals surface area contributed by atoms with E-state index in [1.807, 2.05) is 17.7 Å². The maximum Gasteiger partial charge on any atom is 0.222 e. The summed E-state index contributed by atoms with van der Waals surface area (Å²) in [6.45, 7) is 5.48. The van der Waals surface area contributed by atoms with Crippen LogP contribution in [-0.2, 0) is 9.53 Å². The molecule has 1 N–H and O–H groups in total. The monoisotopic (exact) mass is 293 g/mol. The fourth-order valence-corrected chi connectivity index (χ4v) is 3.38. The average Bonchev–Trinajstić information content (AvgIpc) is 3.07. The maximum atomic E-state index is 12.2. The van der Waals surface area contributed by atoms with Crippen molar-refractivity contribution in [3.05, 3.63) is 18.2 Å². The SMILES string of the molecule is COCC1(CNC(=O)CC(C)n2ccnc2C)CCCC1. The zero-order valence-electron chi connectivity index (χ0n) is 13.4. The van der Waals surface area contributed by atoms with Gasteiger partial charge in [0.05, 0.1) is 6.61 Å². The number of carbonyl (C=O) groups excluding carboxylic acids is 1. The summed E-state index contributed by atoms with van der Waals surface area (Å²) < 4.78 is 7.40. The molecule has 0 aromatic carbocycles. The molecule has 5 nitrogen and oxygen atoms in total. The van der Waals surface area contributed by atoms with Crippen molar-refractivity contribution in [2.75, 3.05) is 20.3 Å². The first kappa shape index (κ1) is 16.0. The third-order valence-corrected chi connectivity index (χ3v) is 4.59. The fourth-order valence-electron chi connectivity index (χ4n) is 3.38. The van der Waals surface area contributed by atoms with Gasteiger partial charge in [0, 0.05) is 43.9 Å². The normalized spacial score (nSPS) is 18.6. The molecule has 1 aliphatic rings. The van der Waals surface area contributed by atoms with Crippen LogP contribution in [0.2, 0.25) is 0 Å². The van der Waals surface area contributed by atoms with Crippen LogP contribution in [0.1, 0.15) is 50.9 Å². The summed E-state index contributed by atoms with van der Waals surface area (Å²) in [6.07, 6.45) is 8.97. The minimum Gasteiger partial charge on any atom is -0.384 e. The van der Waals surface area contributed by atoms with Gasteiger partial charge in [-0.3, -0.25) is 4.79 Å². The van der Waals surface area contributed by atoms with Crippen molar-refractivity contribution in [2.24, 2.45) is 5.41 Å². The van der Waals surface area contributed by atoms with E-state index >= 15 is 0 Å². The number of rotatable bonds is 7. The van der Waals surface area contributed by atoms with Gasteiger partial charge in [-0.2, -0.15) is 0 Å². The van der Waals surface area contributed by atoms with E-state index in [9.17, 15) is 4.79 Å². The summed E-state index contributed by atoms with van der Waals surface area (Å²) in [5.41, 5.74) is 0.151. The highest BCUT2D eigenvalue weighted by atomic mass is 16.5. The number of imidazole rings is 1. The molecule has 1 heterocycles. The molecule has 1 saturated carbocycles. The highest BCUT2D eigenvalue weighted by Crippen LogP contribution is 2.37. The van der Waals surface area contributed by atoms with Gasteiger partial charge in [-0.05, 0) is 26.7 Å². The standard InChI is InChI=1S/C16H27N3O2/c1-13(19-9-8-17-14(19)2)10-15(20)18-11-16(12-21-3)6-4-5-7-16/h8-9,13H,4-7,10-12H2,1-3H3,(H,18,20). The van der Waals surface area contributed by atoms with Crippen molar-refractivity contribution in [1.29, 1.82) is 0 Å². The van der Waals surface area contributed by atoms with Crippen LogP contribution in [0.15, 0.2) is 12.4 Å². The zero-order valence-corrected chi connectivity index (χ0v) is 13.4. The van der Waals surface area contributed by atoms with Crippen LogP contribution in [0.5, 0.6) is 0 Å². The van der Waals surface area contributed by atoms with Gasteiger partial charge in [0.25, 0.3) is 0 Å². The van der Waals surface area contributed by atoms with Crippen LogP contribution in [0, 0.1) is 12.3 Å². The first-order chi connectivity index (χ1) is 10.1. The minimum absolute atomic E-state index is 0.109. The average molecular weight is 293 g/mol. The Labute approximate surface area is 127 Å². The summed E-state index contributed by atoms with van der Waals surface area (Å²) in [5.74, 6) is 1.06. The number of nitrogens with one attached hydrogen (secondary N) is 1. The minimum atomic E-state index is 0.109. The quantitative estimate of drug-likeness (QED) is 0.840. The molecular formula is C16H27N3O2. The Kier molecular flexibility index (Phi) is 5.39. The lowest BCUT2D eigenvalue weighted by Crippen LogP contribution is -2.39. The molecule has 1 aromatic heterocycles. The molecule has 1 aliphatic carbocycles. The van der Waals surface area contributed by atoms with Crippen molar-refractivity contribution in [1.82, 2.24) is 14.9 Å². The van der Waals surface area contributed by atoms with Gasteiger partial charge in [0.2, 0.25) is 5.91 Å². The van der Waals surface area contributed by atoms with Crippen LogP contribution in [0.25, 0.3) is 0 Å². The fraction of sp³-hybridized carbons (Fsp3) is 0.750. The van der Waals surface area contributed by atoms with Gasteiger partial charge < -0.3 is 14.6 Å². The van der Waals surface area contributed by atoms with Gasteiger partial charge >= 0.3 is 0 Å². The topological polar surface area (TPSA) is 56.1 Å². The van der Waals surface area contributed by atoms with E-state index in [4.69, 9.17) is 4.74 Å². The number of amides is 1. The van der Waals surface area contributed by atoms with Crippen LogP contribution < -0.4 is 5.32 Å². The molecule has 21 heavy (non-hydrogen) atoms. The number of aryl methyl sites for hydroxylation is 1. The lowest BCUT2D eigenvalue weighted by molar-refractivity contribution is -0.122. The van der Waals surface area contributed by atoms with E-state index in [2.05, 4.69) is 17.2 Å². The molecule has 0 spiro atoms. The van der Waals surface area contributed by atoms with Crippen molar-refractivity contribution in [3.63, 3.8) is 0 Å². The van der Waals surface area contributed by atoms with Crippen LogP contribution in [-0.4, -0.2) is 35.7 Å². The molecule has 1 unspecified atom stereocenters. The molecular weight excluding hydrogens is 266 g/mol. The third-order valence-electron chi connectivity index (χ3n) is 4.59. The molecule has 0 bridgehead atoms. The lowest BCUT2D eigenvalue weighted by Gasteiger charge is -2.28. The number of hydrogen-bond acceptors (Lipinski definition) is 3. The Morgan fingerprint density at radius 2 is 2.24 bits per heavy atom. The van der Waals surface area contributed by atoms with Crippen molar-refractivity contribution in [2.45, 2.75) is 52.0 Å². The lowest BCUT2D eigenvalue weighted by atomic mass is 9.87. The Bertz CT molecular complexity index is 464. The molecule has 2 rings (SSSR count). The molecule has 0 radical (unpaired) electrons. The predicted molar refractivity (Wildman–Crippen MR) is 82.1 cm³/mol. The van der Waals surface area contributed by atoms with E-state index in [-0.39, 0.29) is 17.4 Å². The Morgan fingerprint density at radius 3 is 2.81 bits per heavy atom. The van der Waals surface area contributed by atoms with E-state index in [0.29, 0.717) is 6.42 Å². The summed E-state index contributed by atoms with van der Waals surface area (Å²) in [6, 6.07) is 0.134. The van der Waals surface area contributed by atoms with Gasteiger partial charge in [-0.15, -0.1) is 0 Å². The Balaban J connectivity index is 1.83. The second-order valence-corrected chi connectivity index (χ2v) is 6.35. The number of ether oxygens (including phenoxy) is 1. The predicted octanol–water partition coefficient (Wildman–Crippen LogP) is 2.47. The smallest absolute Gasteiger partial charge is 0.222 e. The molecule has 1 aromatic rings. The van der Waals surface area contributed by atoms with Crippen LogP contribution in [0.4, 0.5) is 0 Å². The first-order valence-electron chi connectivity index (χ1n) is 7.81. The van der Waals surface area contributed by atoms with E-state index in [1.165, 1.54) is 12.8 Å². The van der Waals surface area contributed by atoms with Crippen molar-refractivity contribution >= 4 is 5.91 Å². The zero-order chi connectivity index (χ0) is 15.3. The number of aromatic nitrogens is 2.